The number of rotatable bonds is 5. The number of aromatic nitrogens is 2. The SMILES string of the molecule is Cc1nnc(SCc2c(C(=O)Nc3cc(Cl)ccc3Cl)oc3ccccc23)s1. The van der Waals surface area contributed by atoms with E-state index in [2.05, 4.69) is 15.5 Å². The summed E-state index contributed by atoms with van der Waals surface area (Å²) in [7, 11) is 0. The van der Waals surface area contributed by atoms with Gasteiger partial charge < -0.3 is 9.73 Å². The molecule has 1 N–H and O–H groups in total. The standard InChI is InChI=1S/C19H13Cl2N3O2S2/c1-10-23-24-19(28-10)27-9-13-12-4-2-3-5-16(12)26-17(13)18(25)22-15-8-11(20)6-7-14(15)21/h2-8H,9H2,1H3,(H,22,25). The van der Waals surface area contributed by atoms with Gasteiger partial charge >= 0.3 is 0 Å². The summed E-state index contributed by atoms with van der Waals surface area (Å²) in [6, 6.07) is 12.4. The fraction of sp³-hybridized carbons (Fsp3) is 0.105. The number of nitrogens with zero attached hydrogens (tertiary/aromatic N) is 2. The van der Waals surface area contributed by atoms with Gasteiger partial charge in [0.2, 0.25) is 0 Å². The first-order chi connectivity index (χ1) is 13.5. The number of carbonyl (C=O) groups is 1. The Hall–Kier alpha value is -2.06. The van der Waals surface area contributed by atoms with Gasteiger partial charge in [0.25, 0.3) is 5.91 Å². The number of halogens is 2. The molecule has 2 heterocycles. The molecule has 0 atom stereocenters. The maximum absolute atomic E-state index is 12.9. The fourth-order valence-corrected chi connectivity index (χ4v) is 4.85. The number of furan rings is 1. The number of nitrogens with one attached hydrogen (secondary N) is 1. The lowest BCUT2D eigenvalue weighted by atomic mass is 10.1. The largest absolute Gasteiger partial charge is 0.451 e. The van der Waals surface area contributed by atoms with E-state index in [0.29, 0.717) is 27.1 Å². The first-order valence-electron chi connectivity index (χ1n) is 8.21. The molecule has 0 spiro atoms. The van der Waals surface area contributed by atoms with Crippen LogP contribution >= 0.6 is 46.3 Å². The molecular formula is C19H13Cl2N3O2S2. The third-order valence-electron chi connectivity index (χ3n) is 3.93. The molecule has 0 saturated carbocycles. The molecule has 0 aliphatic rings. The van der Waals surface area contributed by atoms with Gasteiger partial charge in [-0.1, -0.05) is 64.5 Å². The van der Waals surface area contributed by atoms with Crippen molar-refractivity contribution < 1.29 is 9.21 Å². The smallest absolute Gasteiger partial charge is 0.291 e. The number of amides is 1. The minimum atomic E-state index is -0.385. The van der Waals surface area contributed by atoms with Crippen molar-refractivity contribution in [3.8, 4) is 0 Å². The Labute approximate surface area is 179 Å². The third-order valence-corrected chi connectivity index (χ3v) is 6.49. The van der Waals surface area contributed by atoms with E-state index in [1.165, 1.54) is 23.1 Å². The molecule has 0 bridgehead atoms. The van der Waals surface area contributed by atoms with Crippen molar-refractivity contribution >= 4 is 68.9 Å². The van der Waals surface area contributed by atoms with Crippen LogP contribution in [0, 0.1) is 6.92 Å². The summed E-state index contributed by atoms with van der Waals surface area (Å²) in [4.78, 5) is 12.9. The van der Waals surface area contributed by atoms with Crippen LogP contribution in [0.4, 0.5) is 5.69 Å². The normalized spacial score (nSPS) is 11.1. The Morgan fingerprint density at radius 3 is 2.82 bits per heavy atom. The molecule has 142 valence electrons. The summed E-state index contributed by atoms with van der Waals surface area (Å²) in [5, 5.41) is 13.6. The fourth-order valence-electron chi connectivity index (χ4n) is 2.67. The summed E-state index contributed by atoms with van der Waals surface area (Å²) in [5.41, 5.74) is 1.87. The van der Waals surface area contributed by atoms with Crippen molar-refractivity contribution in [1.29, 1.82) is 0 Å². The molecule has 4 rings (SSSR count). The lowest BCUT2D eigenvalue weighted by molar-refractivity contribution is 0.0998. The van der Waals surface area contributed by atoms with Gasteiger partial charge in [0.05, 0.1) is 10.7 Å². The van der Waals surface area contributed by atoms with E-state index in [1.54, 1.807) is 18.2 Å². The van der Waals surface area contributed by atoms with Gasteiger partial charge in [-0.15, -0.1) is 10.2 Å². The highest BCUT2D eigenvalue weighted by Crippen LogP contribution is 2.34. The number of hydrogen-bond donors (Lipinski definition) is 1. The van der Waals surface area contributed by atoms with E-state index in [-0.39, 0.29) is 11.7 Å². The van der Waals surface area contributed by atoms with Crippen molar-refractivity contribution in [1.82, 2.24) is 10.2 Å². The van der Waals surface area contributed by atoms with E-state index < -0.39 is 0 Å². The van der Waals surface area contributed by atoms with E-state index in [9.17, 15) is 4.79 Å². The van der Waals surface area contributed by atoms with Gasteiger partial charge in [-0.25, -0.2) is 0 Å². The third kappa shape index (κ3) is 4.03. The highest BCUT2D eigenvalue weighted by molar-refractivity contribution is 8.00. The summed E-state index contributed by atoms with van der Waals surface area (Å²) < 4.78 is 6.70. The first-order valence-corrected chi connectivity index (χ1v) is 10.8. The van der Waals surface area contributed by atoms with Gasteiger partial charge in [-0.2, -0.15) is 0 Å². The van der Waals surface area contributed by atoms with Crippen LogP contribution in [0.3, 0.4) is 0 Å². The maximum Gasteiger partial charge on any atom is 0.291 e. The Kier molecular flexibility index (Phi) is 5.59. The zero-order valence-electron chi connectivity index (χ0n) is 14.5. The second-order valence-electron chi connectivity index (χ2n) is 5.86. The van der Waals surface area contributed by atoms with Gasteiger partial charge in [0.1, 0.15) is 10.6 Å². The average Bonchev–Trinajstić information content (AvgIpc) is 3.26. The predicted octanol–water partition coefficient (Wildman–Crippen LogP) is 6.44. The number of carbonyl (C=O) groups excluding carboxylic acids is 1. The lowest BCUT2D eigenvalue weighted by Gasteiger charge is -2.07. The van der Waals surface area contributed by atoms with Crippen LogP contribution in [0.2, 0.25) is 10.0 Å². The number of anilines is 1. The van der Waals surface area contributed by atoms with Crippen LogP contribution in [0.15, 0.2) is 51.2 Å². The van der Waals surface area contributed by atoms with Gasteiger partial charge in [-0.05, 0) is 31.2 Å². The van der Waals surface area contributed by atoms with Crippen molar-refractivity contribution in [3.63, 3.8) is 0 Å². The monoisotopic (exact) mass is 449 g/mol. The van der Waals surface area contributed by atoms with E-state index in [0.717, 1.165) is 20.3 Å². The minimum Gasteiger partial charge on any atom is -0.451 e. The van der Waals surface area contributed by atoms with Crippen LogP contribution in [0.5, 0.6) is 0 Å². The van der Waals surface area contributed by atoms with Crippen LogP contribution in [-0.4, -0.2) is 16.1 Å². The molecule has 0 fully saturated rings. The molecule has 9 heteroatoms. The van der Waals surface area contributed by atoms with Crippen LogP contribution < -0.4 is 5.32 Å². The molecular weight excluding hydrogens is 437 g/mol. The number of benzene rings is 2. The summed E-state index contributed by atoms with van der Waals surface area (Å²) in [5.74, 6) is 0.382. The number of aryl methyl sites for hydroxylation is 1. The zero-order chi connectivity index (χ0) is 19.7. The lowest BCUT2D eigenvalue weighted by Crippen LogP contribution is -2.13. The molecule has 0 aliphatic carbocycles. The number of fused-ring (bicyclic) bond motifs is 1. The Balaban J connectivity index is 1.67. The second-order valence-corrected chi connectivity index (χ2v) is 9.11. The van der Waals surface area contributed by atoms with E-state index >= 15 is 0 Å². The molecule has 5 nitrogen and oxygen atoms in total. The summed E-state index contributed by atoms with van der Waals surface area (Å²) in [6.07, 6.45) is 0. The first kappa shape index (κ1) is 19.3. The molecule has 0 radical (unpaired) electrons. The summed E-state index contributed by atoms with van der Waals surface area (Å²) >= 11 is 15.2. The van der Waals surface area contributed by atoms with Crippen molar-refractivity contribution in [3.05, 3.63) is 68.8 Å². The summed E-state index contributed by atoms with van der Waals surface area (Å²) in [6.45, 7) is 1.91. The maximum atomic E-state index is 12.9. The topological polar surface area (TPSA) is 68.0 Å². The van der Waals surface area contributed by atoms with Crippen LogP contribution in [0.25, 0.3) is 11.0 Å². The van der Waals surface area contributed by atoms with E-state index in [4.69, 9.17) is 27.6 Å². The Bertz CT molecular complexity index is 1170. The predicted molar refractivity (Wildman–Crippen MR) is 115 cm³/mol. The average molecular weight is 450 g/mol. The highest BCUT2D eigenvalue weighted by Gasteiger charge is 2.22. The second kappa shape index (κ2) is 8.13. The minimum absolute atomic E-state index is 0.242. The molecule has 2 aromatic carbocycles. The van der Waals surface area contributed by atoms with Crippen molar-refractivity contribution in [2.45, 2.75) is 17.0 Å². The molecule has 0 unspecified atom stereocenters. The van der Waals surface area contributed by atoms with Crippen LogP contribution in [-0.2, 0) is 5.75 Å². The number of hydrogen-bond acceptors (Lipinski definition) is 6. The Morgan fingerprint density at radius 1 is 1.21 bits per heavy atom. The molecule has 0 saturated heterocycles. The number of para-hydroxylation sites is 1. The molecule has 1 amide bonds. The van der Waals surface area contributed by atoms with Gasteiger partial charge in [0, 0.05) is 21.7 Å². The molecule has 2 aromatic heterocycles. The Morgan fingerprint density at radius 2 is 2.04 bits per heavy atom. The highest BCUT2D eigenvalue weighted by atomic mass is 35.5. The quantitative estimate of drug-likeness (QED) is 0.354. The number of thioether (sulfide) groups is 1. The van der Waals surface area contributed by atoms with Gasteiger partial charge in [0.15, 0.2) is 10.1 Å². The molecule has 4 aromatic rings. The van der Waals surface area contributed by atoms with Gasteiger partial charge in [-0.3, -0.25) is 4.79 Å². The molecule has 28 heavy (non-hydrogen) atoms. The van der Waals surface area contributed by atoms with Crippen molar-refractivity contribution in [2.75, 3.05) is 5.32 Å². The zero-order valence-corrected chi connectivity index (χ0v) is 17.7. The van der Waals surface area contributed by atoms with Crippen LogP contribution in [0.1, 0.15) is 21.1 Å². The molecule has 0 aliphatic heterocycles. The van der Waals surface area contributed by atoms with Crippen molar-refractivity contribution in [2.24, 2.45) is 0 Å². The van der Waals surface area contributed by atoms with E-state index in [1.807, 2.05) is 31.2 Å².